The third-order valence-electron chi connectivity index (χ3n) is 4.09. The maximum Gasteiger partial charge on any atom is 0.251 e. The number of aryl methyl sites for hydroxylation is 1. The molecule has 0 heterocycles. The van der Waals surface area contributed by atoms with Crippen LogP contribution < -0.4 is 14.8 Å². The second kappa shape index (κ2) is 9.11. The molecule has 0 radical (unpaired) electrons. The van der Waals surface area contributed by atoms with Crippen molar-refractivity contribution in [3.63, 3.8) is 0 Å². The van der Waals surface area contributed by atoms with Gasteiger partial charge in [0.2, 0.25) is 0 Å². The van der Waals surface area contributed by atoms with Gasteiger partial charge in [-0.25, -0.2) is 0 Å². The van der Waals surface area contributed by atoms with E-state index >= 15 is 0 Å². The Bertz CT molecular complexity index is 712. The summed E-state index contributed by atoms with van der Waals surface area (Å²) < 4.78 is 11.6. The van der Waals surface area contributed by atoms with Crippen molar-refractivity contribution < 1.29 is 14.3 Å². The highest BCUT2D eigenvalue weighted by atomic mass is 16.5. The largest absolute Gasteiger partial charge is 0.493 e. The molecular weight excluding hydrogens is 314 g/mol. The van der Waals surface area contributed by atoms with Gasteiger partial charge in [-0.2, -0.15) is 0 Å². The summed E-state index contributed by atoms with van der Waals surface area (Å²) in [6.45, 7) is 8.91. The Hall–Kier alpha value is -2.49. The number of nitrogens with one attached hydrogen (secondary N) is 1. The molecule has 0 saturated heterocycles. The van der Waals surface area contributed by atoms with Gasteiger partial charge in [-0.15, -0.1) is 0 Å². The van der Waals surface area contributed by atoms with Crippen LogP contribution in [-0.2, 0) is 6.61 Å². The summed E-state index contributed by atoms with van der Waals surface area (Å²) in [7, 11) is 0. The monoisotopic (exact) mass is 341 g/mol. The molecule has 4 nitrogen and oxygen atoms in total. The fourth-order valence-electron chi connectivity index (χ4n) is 2.41. The van der Waals surface area contributed by atoms with Gasteiger partial charge in [0.15, 0.2) is 0 Å². The summed E-state index contributed by atoms with van der Waals surface area (Å²) in [5, 5.41) is 2.99. The Kier molecular flexibility index (Phi) is 6.87. The first-order valence-corrected chi connectivity index (χ1v) is 8.80. The van der Waals surface area contributed by atoms with Crippen molar-refractivity contribution in [3.8, 4) is 11.5 Å². The van der Waals surface area contributed by atoms with Crippen LogP contribution in [0, 0.1) is 6.92 Å². The average molecular weight is 341 g/mol. The zero-order valence-electron chi connectivity index (χ0n) is 15.5. The van der Waals surface area contributed by atoms with E-state index in [1.54, 1.807) is 6.07 Å². The summed E-state index contributed by atoms with van der Waals surface area (Å²) in [6, 6.07) is 13.5. The molecule has 2 aromatic rings. The van der Waals surface area contributed by atoms with Gasteiger partial charge in [-0.05, 0) is 57.0 Å². The lowest BCUT2D eigenvalue weighted by molar-refractivity contribution is 0.0939. The molecule has 1 N–H and O–H groups in total. The van der Waals surface area contributed by atoms with Crippen LogP contribution in [0.2, 0.25) is 0 Å². The first-order valence-electron chi connectivity index (χ1n) is 8.80. The summed E-state index contributed by atoms with van der Waals surface area (Å²) >= 11 is 0. The molecule has 25 heavy (non-hydrogen) atoms. The SMILES string of the molecule is CCOc1ccc(C(=O)N[C@H](C)CC)cc1COc1ccccc1C. The number of ether oxygens (including phenoxy) is 2. The molecule has 0 aliphatic carbocycles. The Morgan fingerprint density at radius 3 is 2.52 bits per heavy atom. The van der Waals surface area contributed by atoms with Crippen LogP contribution in [0.4, 0.5) is 0 Å². The number of rotatable bonds is 8. The summed E-state index contributed by atoms with van der Waals surface area (Å²) in [4.78, 5) is 12.4. The quantitative estimate of drug-likeness (QED) is 0.769. The van der Waals surface area contributed by atoms with E-state index in [2.05, 4.69) is 5.32 Å². The van der Waals surface area contributed by atoms with Gasteiger partial charge in [0.1, 0.15) is 18.1 Å². The van der Waals surface area contributed by atoms with Gasteiger partial charge in [-0.3, -0.25) is 4.79 Å². The van der Waals surface area contributed by atoms with Gasteiger partial charge >= 0.3 is 0 Å². The van der Waals surface area contributed by atoms with Gasteiger partial charge in [0.05, 0.1) is 6.61 Å². The predicted octanol–water partition coefficient (Wildman–Crippen LogP) is 4.50. The predicted molar refractivity (Wildman–Crippen MR) is 100 cm³/mol. The van der Waals surface area contributed by atoms with E-state index in [4.69, 9.17) is 9.47 Å². The van der Waals surface area contributed by atoms with Gasteiger partial charge < -0.3 is 14.8 Å². The third-order valence-corrected chi connectivity index (χ3v) is 4.09. The molecule has 0 aliphatic heterocycles. The first-order chi connectivity index (χ1) is 12.0. The van der Waals surface area contributed by atoms with Gasteiger partial charge in [0.25, 0.3) is 5.91 Å². The second-order valence-corrected chi connectivity index (χ2v) is 6.09. The number of carbonyl (C=O) groups is 1. The van der Waals surface area contributed by atoms with Crippen molar-refractivity contribution in [1.29, 1.82) is 0 Å². The molecule has 1 atom stereocenters. The molecule has 0 unspecified atom stereocenters. The lowest BCUT2D eigenvalue weighted by Gasteiger charge is -2.15. The van der Waals surface area contributed by atoms with Crippen molar-refractivity contribution in [2.45, 2.75) is 46.8 Å². The van der Waals surface area contributed by atoms with Crippen LogP contribution in [0.15, 0.2) is 42.5 Å². The molecule has 2 aromatic carbocycles. The highest BCUT2D eigenvalue weighted by Gasteiger charge is 2.13. The van der Waals surface area contributed by atoms with E-state index in [1.165, 1.54) is 0 Å². The molecule has 4 heteroatoms. The minimum atomic E-state index is -0.0745. The van der Waals surface area contributed by atoms with Gasteiger partial charge in [0, 0.05) is 17.2 Å². The van der Waals surface area contributed by atoms with Crippen LogP contribution in [0.1, 0.15) is 48.7 Å². The van der Waals surface area contributed by atoms with E-state index in [9.17, 15) is 4.79 Å². The highest BCUT2D eigenvalue weighted by Crippen LogP contribution is 2.24. The number of hydrogen-bond donors (Lipinski definition) is 1. The van der Waals surface area contributed by atoms with Crippen molar-refractivity contribution in [1.82, 2.24) is 5.32 Å². The normalized spacial score (nSPS) is 11.7. The van der Waals surface area contributed by atoms with Crippen LogP contribution in [0.3, 0.4) is 0 Å². The van der Waals surface area contributed by atoms with Crippen LogP contribution >= 0.6 is 0 Å². The molecule has 0 saturated carbocycles. The van der Waals surface area contributed by atoms with E-state index in [0.29, 0.717) is 18.8 Å². The lowest BCUT2D eigenvalue weighted by atomic mass is 10.1. The molecule has 0 bridgehead atoms. The Balaban J connectivity index is 2.19. The molecule has 0 aliphatic rings. The standard InChI is InChI=1S/C21H27NO3/c1-5-16(4)22-21(23)17-11-12-20(24-6-2)18(13-17)14-25-19-10-8-7-9-15(19)3/h7-13,16H,5-6,14H2,1-4H3,(H,22,23)/t16-/m1/s1. The number of benzene rings is 2. The topological polar surface area (TPSA) is 47.6 Å². The number of hydrogen-bond acceptors (Lipinski definition) is 3. The van der Waals surface area contributed by atoms with E-state index in [-0.39, 0.29) is 11.9 Å². The van der Waals surface area contributed by atoms with Crippen LogP contribution in [0.25, 0.3) is 0 Å². The number of amides is 1. The Morgan fingerprint density at radius 1 is 1.08 bits per heavy atom. The zero-order chi connectivity index (χ0) is 18.2. The smallest absolute Gasteiger partial charge is 0.251 e. The summed E-state index contributed by atoms with van der Waals surface area (Å²) in [5.41, 5.74) is 2.56. The van der Waals surface area contributed by atoms with E-state index in [1.807, 2.05) is 64.1 Å². The minimum Gasteiger partial charge on any atom is -0.493 e. The van der Waals surface area contributed by atoms with Gasteiger partial charge in [-0.1, -0.05) is 25.1 Å². The van der Waals surface area contributed by atoms with Crippen molar-refractivity contribution in [2.24, 2.45) is 0 Å². The fraction of sp³-hybridized carbons (Fsp3) is 0.381. The number of para-hydroxylation sites is 1. The fourth-order valence-corrected chi connectivity index (χ4v) is 2.41. The third kappa shape index (κ3) is 5.24. The maximum atomic E-state index is 12.4. The van der Waals surface area contributed by atoms with Crippen molar-refractivity contribution in [2.75, 3.05) is 6.61 Å². The second-order valence-electron chi connectivity index (χ2n) is 6.09. The van der Waals surface area contributed by atoms with Crippen LogP contribution in [-0.4, -0.2) is 18.6 Å². The Labute approximate surface area is 150 Å². The summed E-state index contributed by atoms with van der Waals surface area (Å²) in [6.07, 6.45) is 0.895. The lowest BCUT2D eigenvalue weighted by Crippen LogP contribution is -2.32. The minimum absolute atomic E-state index is 0.0745. The Morgan fingerprint density at radius 2 is 1.84 bits per heavy atom. The summed E-state index contributed by atoms with van der Waals surface area (Å²) in [5.74, 6) is 1.50. The zero-order valence-corrected chi connectivity index (χ0v) is 15.5. The molecule has 0 fully saturated rings. The first kappa shape index (κ1) is 18.8. The molecule has 2 rings (SSSR count). The molecule has 0 aromatic heterocycles. The maximum absolute atomic E-state index is 12.4. The average Bonchev–Trinajstić information content (AvgIpc) is 2.62. The van der Waals surface area contributed by atoms with Crippen molar-refractivity contribution >= 4 is 5.91 Å². The van der Waals surface area contributed by atoms with Crippen molar-refractivity contribution in [3.05, 3.63) is 59.2 Å². The highest BCUT2D eigenvalue weighted by molar-refractivity contribution is 5.94. The van der Waals surface area contributed by atoms with Crippen LogP contribution in [0.5, 0.6) is 11.5 Å². The molecule has 1 amide bonds. The number of carbonyl (C=O) groups excluding carboxylic acids is 1. The molecular formula is C21H27NO3. The van der Waals surface area contributed by atoms with E-state index in [0.717, 1.165) is 29.0 Å². The molecule has 0 spiro atoms. The molecule has 134 valence electrons. The van der Waals surface area contributed by atoms with E-state index < -0.39 is 0 Å².